The van der Waals surface area contributed by atoms with Gasteiger partial charge in [0, 0.05) is 13.2 Å². The van der Waals surface area contributed by atoms with Crippen LogP contribution < -0.4 is 0 Å². The molecule has 0 aromatic rings. The minimum absolute atomic E-state index is 0.763. The van der Waals surface area contributed by atoms with Crippen LogP contribution in [0.4, 0.5) is 0 Å². The van der Waals surface area contributed by atoms with Crippen LogP contribution >= 0.6 is 0 Å². The Hall–Kier alpha value is -0.790. The number of hydrogen-bond acceptors (Lipinski definition) is 1. The molecule has 0 heterocycles. The summed E-state index contributed by atoms with van der Waals surface area (Å²) in [6.07, 6.45) is 6.22. The van der Waals surface area contributed by atoms with Crippen molar-refractivity contribution in [3.63, 3.8) is 0 Å². The Bertz CT molecular complexity index is 99.1. The fraction of sp³-hybridized carbons (Fsp3) is 0.429. The maximum Gasteiger partial charge on any atom is 0.213 e. The van der Waals surface area contributed by atoms with Gasteiger partial charge in [-0.2, -0.15) is 0 Å². The van der Waals surface area contributed by atoms with Gasteiger partial charge in [-0.25, -0.2) is 0 Å². The van der Waals surface area contributed by atoms with E-state index in [0.29, 0.717) is 0 Å². The topological polar surface area (TPSA) is 20.3 Å². The standard InChI is InChI=1S/C7H12NO/c1-3-4-5-6-8(2)7-9/h5-7H,1,3-4H2,2H3. The lowest BCUT2D eigenvalue weighted by atomic mass is 10.3. The van der Waals surface area contributed by atoms with Gasteiger partial charge in [0.1, 0.15) is 0 Å². The zero-order chi connectivity index (χ0) is 7.11. The Labute approximate surface area is 56.2 Å². The average Bonchev–Trinajstić information content (AvgIpc) is 1.89. The molecule has 0 rings (SSSR count). The van der Waals surface area contributed by atoms with Crippen LogP contribution in [0.3, 0.4) is 0 Å². The van der Waals surface area contributed by atoms with Crippen molar-refractivity contribution in [2.24, 2.45) is 0 Å². The summed E-state index contributed by atoms with van der Waals surface area (Å²) in [5, 5.41) is 0. The van der Waals surface area contributed by atoms with Crippen LogP contribution in [0.15, 0.2) is 12.3 Å². The molecule has 0 fully saturated rings. The molecule has 0 aromatic carbocycles. The Morgan fingerprint density at radius 2 is 2.33 bits per heavy atom. The highest BCUT2D eigenvalue weighted by Gasteiger charge is 1.80. The molecule has 0 N–H and O–H groups in total. The number of amides is 1. The van der Waals surface area contributed by atoms with Crippen LogP contribution in [-0.2, 0) is 4.79 Å². The molecule has 0 atom stereocenters. The van der Waals surface area contributed by atoms with Crippen molar-refractivity contribution in [2.45, 2.75) is 12.8 Å². The second-order valence-corrected chi connectivity index (χ2v) is 1.80. The number of hydrogen-bond donors (Lipinski definition) is 0. The molecule has 0 aliphatic heterocycles. The van der Waals surface area contributed by atoms with E-state index in [1.54, 1.807) is 13.2 Å². The second kappa shape index (κ2) is 5.35. The molecule has 0 aliphatic rings. The van der Waals surface area contributed by atoms with Crippen molar-refractivity contribution in [2.75, 3.05) is 7.05 Å². The van der Waals surface area contributed by atoms with E-state index < -0.39 is 0 Å². The number of carbonyl (C=O) groups excluding carboxylic acids is 1. The summed E-state index contributed by atoms with van der Waals surface area (Å²) >= 11 is 0. The minimum Gasteiger partial charge on any atom is -0.325 e. The molecule has 0 saturated carbocycles. The van der Waals surface area contributed by atoms with Gasteiger partial charge in [0.25, 0.3) is 0 Å². The molecule has 2 nitrogen and oxygen atoms in total. The van der Waals surface area contributed by atoms with Crippen LogP contribution in [0.2, 0.25) is 0 Å². The van der Waals surface area contributed by atoms with Gasteiger partial charge >= 0.3 is 0 Å². The predicted molar refractivity (Wildman–Crippen MR) is 37.6 cm³/mol. The zero-order valence-electron chi connectivity index (χ0n) is 5.71. The van der Waals surface area contributed by atoms with Gasteiger partial charge in [-0.15, -0.1) is 0 Å². The molecular weight excluding hydrogens is 114 g/mol. The molecule has 51 valence electrons. The fourth-order valence-corrected chi connectivity index (χ4v) is 0.394. The van der Waals surface area contributed by atoms with Gasteiger partial charge < -0.3 is 4.90 Å². The summed E-state index contributed by atoms with van der Waals surface area (Å²) in [5.41, 5.74) is 0. The van der Waals surface area contributed by atoms with Gasteiger partial charge in [-0.3, -0.25) is 4.79 Å². The third-order valence-electron chi connectivity index (χ3n) is 0.878. The van der Waals surface area contributed by atoms with Crippen molar-refractivity contribution < 1.29 is 4.79 Å². The molecule has 0 unspecified atom stereocenters. The van der Waals surface area contributed by atoms with E-state index in [1.807, 2.05) is 6.08 Å². The van der Waals surface area contributed by atoms with Crippen LogP contribution in [0.1, 0.15) is 12.8 Å². The van der Waals surface area contributed by atoms with E-state index in [-0.39, 0.29) is 0 Å². The van der Waals surface area contributed by atoms with Crippen molar-refractivity contribution in [1.82, 2.24) is 4.90 Å². The lowest BCUT2D eigenvalue weighted by molar-refractivity contribution is -0.115. The first kappa shape index (κ1) is 8.21. The van der Waals surface area contributed by atoms with E-state index in [2.05, 4.69) is 6.92 Å². The van der Waals surface area contributed by atoms with Crippen molar-refractivity contribution in [3.8, 4) is 0 Å². The Morgan fingerprint density at radius 3 is 2.78 bits per heavy atom. The third kappa shape index (κ3) is 5.07. The summed E-state index contributed by atoms with van der Waals surface area (Å²) in [4.78, 5) is 11.4. The molecule has 0 spiro atoms. The lowest BCUT2D eigenvalue weighted by Gasteiger charge is -1.99. The first-order chi connectivity index (χ1) is 4.31. The highest BCUT2D eigenvalue weighted by Crippen LogP contribution is 1.88. The summed E-state index contributed by atoms with van der Waals surface area (Å²) in [6.45, 7) is 3.65. The Morgan fingerprint density at radius 1 is 1.67 bits per heavy atom. The van der Waals surface area contributed by atoms with Crippen LogP contribution in [-0.4, -0.2) is 18.4 Å². The molecule has 0 bridgehead atoms. The lowest BCUT2D eigenvalue weighted by Crippen LogP contribution is -2.05. The van der Waals surface area contributed by atoms with Gasteiger partial charge in [-0.05, 0) is 12.8 Å². The van der Waals surface area contributed by atoms with E-state index in [4.69, 9.17) is 0 Å². The summed E-state index contributed by atoms with van der Waals surface area (Å²) in [7, 11) is 1.70. The van der Waals surface area contributed by atoms with Crippen LogP contribution in [0.5, 0.6) is 0 Å². The van der Waals surface area contributed by atoms with Crippen molar-refractivity contribution in [1.29, 1.82) is 0 Å². The maximum atomic E-state index is 9.96. The molecule has 1 radical (unpaired) electrons. The van der Waals surface area contributed by atoms with Crippen molar-refractivity contribution in [3.05, 3.63) is 19.2 Å². The van der Waals surface area contributed by atoms with Gasteiger partial charge in [0.2, 0.25) is 6.41 Å². The average molecular weight is 126 g/mol. The largest absolute Gasteiger partial charge is 0.325 e. The van der Waals surface area contributed by atoms with Crippen molar-refractivity contribution >= 4 is 6.41 Å². The van der Waals surface area contributed by atoms with Gasteiger partial charge in [0.05, 0.1) is 0 Å². The summed E-state index contributed by atoms with van der Waals surface area (Å²) < 4.78 is 0. The molecular formula is C7H12NO. The summed E-state index contributed by atoms with van der Waals surface area (Å²) in [6, 6.07) is 0. The molecule has 0 aromatic heterocycles. The Balaban J connectivity index is 3.31. The summed E-state index contributed by atoms with van der Waals surface area (Å²) in [5.74, 6) is 0. The number of rotatable bonds is 4. The fourth-order valence-electron chi connectivity index (χ4n) is 0.394. The minimum atomic E-state index is 0.763. The highest BCUT2D eigenvalue weighted by atomic mass is 16.1. The number of unbranched alkanes of at least 4 members (excludes halogenated alkanes) is 1. The number of allylic oxidation sites excluding steroid dienone is 1. The van der Waals surface area contributed by atoms with E-state index in [1.165, 1.54) is 4.90 Å². The molecule has 9 heavy (non-hydrogen) atoms. The van der Waals surface area contributed by atoms with Crippen LogP contribution in [0.25, 0.3) is 0 Å². The highest BCUT2D eigenvalue weighted by molar-refractivity contribution is 5.48. The first-order valence-electron chi connectivity index (χ1n) is 2.94. The first-order valence-corrected chi connectivity index (χ1v) is 2.94. The third-order valence-corrected chi connectivity index (χ3v) is 0.878. The monoisotopic (exact) mass is 126 g/mol. The second-order valence-electron chi connectivity index (χ2n) is 1.80. The zero-order valence-corrected chi connectivity index (χ0v) is 5.71. The SMILES string of the molecule is [CH2]CCC=CN(C)C=O. The van der Waals surface area contributed by atoms with Crippen LogP contribution in [0, 0.1) is 6.92 Å². The van der Waals surface area contributed by atoms with E-state index in [9.17, 15) is 4.79 Å². The maximum absolute atomic E-state index is 9.96. The molecule has 0 aliphatic carbocycles. The van der Waals surface area contributed by atoms with Gasteiger partial charge in [-0.1, -0.05) is 13.0 Å². The predicted octanol–water partition coefficient (Wildman–Crippen LogP) is 1.20. The molecule has 2 heteroatoms. The molecule has 0 saturated heterocycles. The van der Waals surface area contributed by atoms with E-state index in [0.717, 1.165) is 19.3 Å². The number of carbonyl (C=O) groups is 1. The smallest absolute Gasteiger partial charge is 0.213 e. The quantitative estimate of drug-likeness (QED) is 0.518. The molecule has 1 amide bonds. The van der Waals surface area contributed by atoms with E-state index >= 15 is 0 Å². The normalized spacial score (nSPS) is 10.0. The number of nitrogens with zero attached hydrogens (tertiary/aromatic N) is 1. The van der Waals surface area contributed by atoms with Gasteiger partial charge in [0.15, 0.2) is 0 Å². The Kier molecular flexibility index (Phi) is 4.88.